The Morgan fingerprint density at radius 1 is 0.522 bits per heavy atom. The predicted molar refractivity (Wildman–Crippen MR) is 197 cm³/mol. The van der Waals surface area contributed by atoms with Gasteiger partial charge in [0.25, 0.3) is 0 Å². The average molecular weight is 605 g/mol. The number of nitrogens with one attached hydrogen (secondary N) is 4. The molecule has 0 saturated carbocycles. The molecule has 230 valence electrons. The van der Waals surface area contributed by atoms with E-state index in [1.807, 2.05) is 0 Å². The van der Waals surface area contributed by atoms with Crippen LogP contribution in [0.4, 0.5) is 11.4 Å². The molecule has 0 unspecified atom stereocenters. The van der Waals surface area contributed by atoms with E-state index in [0.717, 1.165) is 104 Å². The van der Waals surface area contributed by atoms with Gasteiger partial charge in [-0.3, -0.25) is 0 Å². The largest absolute Gasteiger partial charge is 0.385 e. The molecule has 0 atom stereocenters. The fraction of sp³-hybridized carbons (Fsp3) is 0.200. The summed E-state index contributed by atoms with van der Waals surface area (Å²) in [5.41, 5.74) is 14.3. The van der Waals surface area contributed by atoms with E-state index in [1.165, 1.54) is 12.8 Å². The minimum Gasteiger partial charge on any atom is -0.385 e. The molecule has 4 N–H and O–H groups in total. The highest BCUT2D eigenvalue weighted by Crippen LogP contribution is 2.33. The zero-order valence-corrected chi connectivity index (χ0v) is 26.5. The molecular weight excluding hydrogens is 564 g/mol. The SMILES string of the molecule is CCCCNc1ccc(-c2c3nc(cc4ccc([nH]4)c(-c4ccc(NCCCC)cc4)c4nc(cc5ccc2[nH]5)C=C4)C=C3)cc1. The molecule has 2 aliphatic heterocycles. The van der Waals surface area contributed by atoms with Crippen LogP contribution < -0.4 is 10.6 Å². The number of aromatic nitrogens is 4. The van der Waals surface area contributed by atoms with Crippen molar-refractivity contribution in [1.29, 1.82) is 0 Å². The Hall–Kier alpha value is -5.36. The molecule has 46 heavy (non-hydrogen) atoms. The van der Waals surface area contributed by atoms with Gasteiger partial charge in [-0.25, -0.2) is 9.97 Å². The number of nitrogens with zero attached hydrogens (tertiary/aromatic N) is 2. The molecule has 3 aromatic heterocycles. The van der Waals surface area contributed by atoms with Gasteiger partial charge in [0, 0.05) is 57.7 Å². The van der Waals surface area contributed by atoms with Crippen LogP contribution in [0.1, 0.15) is 62.3 Å². The Bertz CT molecular complexity index is 1910. The second-order valence-corrected chi connectivity index (χ2v) is 11.9. The van der Waals surface area contributed by atoms with Crippen LogP contribution in [0.15, 0.2) is 84.9 Å². The lowest BCUT2D eigenvalue weighted by molar-refractivity contribution is 0.834. The Kier molecular flexibility index (Phi) is 8.51. The number of unbranched alkanes of at least 4 members (excludes halogenated alkanes) is 2. The number of fused-ring (bicyclic) bond motifs is 8. The molecule has 0 saturated heterocycles. The lowest BCUT2D eigenvalue weighted by Gasteiger charge is -2.08. The Morgan fingerprint density at radius 3 is 1.37 bits per heavy atom. The van der Waals surface area contributed by atoms with Gasteiger partial charge in [0.05, 0.1) is 22.8 Å². The van der Waals surface area contributed by atoms with Crippen LogP contribution >= 0.6 is 0 Å². The summed E-state index contributed by atoms with van der Waals surface area (Å²) in [5, 5.41) is 7.05. The zero-order chi connectivity index (χ0) is 31.3. The first-order chi connectivity index (χ1) is 22.7. The molecule has 7 rings (SSSR count). The maximum absolute atomic E-state index is 5.09. The van der Waals surface area contributed by atoms with Crippen molar-refractivity contribution in [3.63, 3.8) is 0 Å². The number of hydrogen-bond donors (Lipinski definition) is 4. The predicted octanol–water partition coefficient (Wildman–Crippen LogP) is 10.4. The van der Waals surface area contributed by atoms with Gasteiger partial charge in [0.15, 0.2) is 0 Å². The number of hydrogen-bond acceptors (Lipinski definition) is 4. The van der Waals surface area contributed by atoms with Crippen LogP contribution in [0.2, 0.25) is 0 Å². The monoisotopic (exact) mass is 604 g/mol. The molecule has 0 radical (unpaired) electrons. The number of rotatable bonds is 10. The molecule has 5 heterocycles. The molecule has 0 amide bonds. The van der Waals surface area contributed by atoms with E-state index in [4.69, 9.17) is 9.97 Å². The minimum atomic E-state index is 0.905. The van der Waals surface area contributed by atoms with Crippen LogP contribution in [0, 0.1) is 0 Å². The zero-order valence-electron chi connectivity index (χ0n) is 26.5. The smallest absolute Gasteiger partial charge is 0.0736 e. The first kappa shape index (κ1) is 29.4. The number of H-pyrrole nitrogens is 2. The maximum Gasteiger partial charge on any atom is 0.0736 e. The first-order valence-corrected chi connectivity index (χ1v) is 16.5. The van der Waals surface area contributed by atoms with Crippen molar-refractivity contribution in [1.82, 2.24) is 19.9 Å². The van der Waals surface area contributed by atoms with Gasteiger partial charge in [-0.05, 0) is 109 Å². The lowest BCUT2D eigenvalue weighted by Crippen LogP contribution is -2.00. The topological polar surface area (TPSA) is 81.4 Å². The second-order valence-electron chi connectivity index (χ2n) is 11.9. The van der Waals surface area contributed by atoms with Crippen LogP contribution in [0.25, 0.3) is 68.6 Å². The molecule has 8 bridgehead atoms. The Morgan fingerprint density at radius 2 is 0.957 bits per heavy atom. The third-order valence-corrected chi connectivity index (χ3v) is 8.46. The van der Waals surface area contributed by atoms with Crippen LogP contribution in [0.3, 0.4) is 0 Å². The fourth-order valence-corrected chi connectivity index (χ4v) is 6.01. The van der Waals surface area contributed by atoms with E-state index in [-0.39, 0.29) is 0 Å². The van der Waals surface area contributed by atoms with E-state index in [2.05, 4.69) is 144 Å². The normalized spacial score (nSPS) is 12.0. The standard InChI is InChI=1S/C40H40N6/c1-3-5-23-41-29-11-7-27(8-12-29)39-35-19-15-31(43-35)25-33-17-21-37(45-33)40(28-9-13-30(14-10-28)42-24-6-4-2)38-22-18-34(46-38)26-32-16-20-36(39)44-32/h7-22,25-26,41-43,46H,3-6,23-24H2,1-2H3. The average Bonchev–Trinajstić information content (AvgIpc) is 3.90. The van der Waals surface area contributed by atoms with Gasteiger partial charge in [-0.1, -0.05) is 51.0 Å². The first-order valence-electron chi connectivity index (χ1n) is 16.5. The summed E-state index contributed by atoms with van der Waals surface area (Å²) >= 11 is 0. The minimum absolute atomic E-state index is 0.905. The molecule has 2 aliphatic rings. The van der Waals surface area contributed by atoms with E-state index >= 15 is 0 Å². The van der Waals surface area contributed by atoms with E-state index in [0.29, 0.717) is 0 Å². The van der Waals surface area contributed by atoms with Crippen molar-refractivity contribution in [2.45, 2.75) is 39.5 Å². The van der Waals surface area contributed by atoms with E-state index in [1.54, 1.807) is 0 Å². The van der Waals surface area contributed by atoms with Gasteiger partial charge < -0.3 is 20.6 Å². The summed E-state index contributed by atoms with van der Waals surface area (Å²) in [6.07, 6.45) is 13.1. The molecule has 5 aromatic rings. The molecule has 6 nitrogen and oxygen atoms in total. The van der Waals surface area contributed by atoms with Gasteiger partial charge >= 0.3 is 0 Å². The van der Waals surface area contributed by atoms with Crippen molar-refractivity contribution < 1.29 is 0 Å². The lowest BCUT2D eigenvalue weighted by atomic mass is 10.0. The number of anilines is 2. The molecular formula is C40H40N6. The quantitative estimate of drug-likeness (QED) is 0.117. The fourth-order valence-electron chi connectivity index (χ4n) is 6.01. The van der Waals surface area contributed by atoms with Gasteiger partial charge in [0.2, 0.25) is 0 Å². The summed E-state index contributed by atoms with van der Waals surface area (Å²) in [5.74, 6) is 0. The molecule has 0 fully saturated rings. The number of benzene rings is 2. The van der Waals surface area contributed by atoms with E-state index < -0.39 is 0 Å². The summed E-state index contributed by atoms with van der Waals surface area (Å²) in [4.78, 5) is 17.5. The molecule has 2 aromatic carbocycles. The Labute approximate surface area is 270 Å². The van der Waals surface area contributed by atoms with Crippen LogP contribution in [-0.2, 0) is 0 Å². The van der Waals surface area contributed by atoms with Gasteiger partial charge in [-0.2, -0.15) is 0 Å². The third-order valence-electron chi connectivity index (χ3n) is 8.46. The highest BCUT2D eigenvalue weighted by molar-refractivity contribution is 5.93. The van der Waals surface area contributed by atoms with Crippen LogP contribution in [-0.4, -0.2) is 33.0 Å². The van der Waals surface area contributed by atoms with Gasteiger partial charge in [0.1, 0.15) is 0 Å². The van der Waals surface area contributed by atoms with Crippen molar-refractivity contribution in [2.24, 2.45) is 0 Å². The number of aromatic amines is 2. The summed E-state index contributed by atoms with van der Waals surface area (Å²) < 4.78 is 0. The van der Waals surface area contributed by atoms with Crippen LogP contribution in [0.5, 0.6) is 0 Å². The second kappa shape index (κ2) is 13.3. The Balaban J connectivity index is 1.37. The molecule has 0 aliphatic carbocycles. The molecule has 6 heteroatoms. The highest BCUT2D eigenvalue weighted by Gasteiger charge is 2.13. The summed E-state index contributed by atoms with van der Waals surface area (Å²) in [6.45, 7) is 6.38. The summed E-state index contributed by atoms with van der Waals surface area (Å²) in [6, 6.07) is 30.1. The molecule has 0 spiro atoms. The maximum atomic E-state index is 5.09. The van der Waals surface area contributed by atoms with E-state index in [9.17, 15) is 0 Å². The van der Waals surface area contributed by atoms with Crippen molar-refractivity contribution in [3.05, 3.63) is 108 Å². The highest BCUT2D eigenvalue weighted by atomic mass is 14.9. The van der Waals surface area contributed by atoms with Crippen molar-refractivity contribution in [3.8, 4) is 22.3 Å². The van der Waals surface area contributed by atoms with Crippen molar-refractivity contribution in [2.75, 3.05) is 23.7 Å². The third kappa shape index (κ3) is 6.38. The van der Waals surface area contributed by atoms with Gasteiger partial charge in [-0.15, -0.1) is 0 Å². The summed E-state index contributed by atoms with van der Waals surface area (Å²) in [7, 11) is 0. The van der Waals surface area contributed by atoms with Crippen molar-refractivity contribution >= 4 is 57.7 Å².